The van der Waals surface area contributed by atoms with Gasteiger partial charge in [0.1, 0.15) is 0 Å². The van der Waals surface area contributed by atoms with Crippen LogP contribution in [-0.2, 0) is 0 Å². The van der Waals surface area contributed by atoms with Crippen LogP contribution in [0.5, 0.6) is 0 Å². The van der Waals surface area contributed by atoms with Crippen molar-refractivity contribution in [2.45, 2.75) is 11.3 Å². The molecule has 0 spiro atoms. The topological polar surface area (TPSA) is 35.8 Å². The average Bonchev–Trinajstić information content (AvgIpc) is 3.38. The first kappa shape index (κ1) is 18.1. The van der Waals surface area contributed by atoms with Gasteiger partial charge < -0.3 is 13.7 Å². The van der Waals surface area contributed by atoms with Gasteiger partial charge in [0.25, 0.3) is 0 Å². The predicted octanol–water partition coefficient (Wildman–Crippen LogP) is 5.02. The summed E-state index contributed by atoms with van der Waals surface area (Å²) in [4.78, 5) is 6.32. The van der Waals surface area contributed by atoms with Gasteiger partial charge in [-0.05, 0) is 54.6 Å². The van der Waals surface area contributed by atoms with E-state index in [1.54, 1.807) is 0 Å². The van der Waals surface area contributed by atoms with E-state index in [0.29, 0.717) is 0 Å². The van der Waals surface area contributed by atoms with E-state index in [4.69, 9.17) is 4.52 Å². The molecule has 1 saturated heterocycles. The third kappa shape index (κ3) is 3.11. The molecule has 2 aliphatic rings. The Balaban J connectivity index is 1.04. The number of aromatic nitrogens is 1. The molecule has 152 valence electrons. The first-order valence-corrected chi connectivity index (χ1v) is 11.4. The third-order valence-corrected chi connectivity index (χ3v) is 7.32. The number of benzene rings is 3. The zero-order valence-electron chi connectivity index (χ0n) is 16.8. The molecule has 0 saturated carbocycles. The molecule has 5 nitrogen and oxygen atoms in total. The largest absolute Gasteiger partial charge is 0.354 e. The third-order valence-electron chi connectivity index (χ3n) is 6.19. The fourth-order valence-electron chi connectivity index (χ4n) is 4.63. The maximum Gasteiger partial charge on any atom is 0.180 e. The van der Waals surface area contributed by atoms with Crippen LogP contribution in [0.4, 0.5) is 11.5 Å². The molecule has 6 rings (SSSR count). The van der Waals surface area contributed by atoms with E-state index in [1.165, 1.54) is 27.8 Å². The molecule has 4 aromatic rings. The lowest BCUT2D eigenvalue weighted by Crippen LogP contribution is -2.47. The number of hydrogen-bond acceptors (Lipinski definition) is 6. The summed E-state index contributed by atoms with van der Waals surface area (Å²) in [7, 11) is 0. The fraction of sp³-hybridized carbons (Fsp3) is 0.292. The highest BCUT2D eigenvalue weighted by Gasteiger charge is 2.24. The lowest BCUT2D eigenvalue weighted by molar-refractivity contribution is 0.255. The number of anilines is 2. The number of fused-ring (bicyclic) bond motifs is 1. The molecule has 0 aliphatic carbocycles. The Kier molecular flexibility index (Phi) is 4.54. The van der Waals surface area contributed by atoms with E-state index in [1.807, 2.05) is 24.1 Å². The summed E-state index contributed by atoms with van der Waals surface area (Å²) in [6.45, 7) is 6.36. The number of hydrogen-bond donors (Lipinski definition) is 0. The minimum Gasteiger partial charge on any atom is -0.354 e. The molecule has 0 atom stereocenters. The van der Waals surface area contributed by atoms with E-state index < -0.39 is 0 Å². The average molecular weight is 417 g/mol. The van der Waals surface area contributed by atoms with Crippen LogP contribution < -0.4 is 9.21 Å². The molecule has 30 heavy (non-hydrogen) atoms. The predicted molar refractivity (Wildman–Crippen MR) is 124 cm³/mol. The summed E-state index contributed by atoms with van der Waals surface area (Å²) < 4.78 is 7.96. The Bertz CT molecular complexity index is 1190. The monoisotopic (exact) mass is 416 g/mol. The van der Waals surface area contributed by atoms with E-state index in [-0.39, 0.29) is 0 Å². The Labute approximate surface area is 180 Å². The van der Waals surface area contributed by atoms with Gasteiger partial charge in [-0.1, -0.05) is 41.6 Å². The molecule has 0 radical (unpaired) electrons. The molecule has 3 heterocycles. The molecule has 0 bridgehead atoms. The highest BCUT2D eigenvalue weighted by molar-refractivity contribution is 8.01. The fourth-order valence-corrected chi connectivity index (χ4v) is 5.79. The van der Waals surface area contributed by atoms with Gasteiger partial charge in [-0.2, -0.15) is 0 Å². The van der Waals surface area contributed by atoms with Crippen LogP contribution in [0.25, 0.3) is 21.7 Å². The summed E-state index contributed by atoms with van der Waals surface area (Å²) in [5.74, 6) is 0.990. The van der Waals surface area contributed by atoms with Gasteiger partial charge >= 0.3 is 0 Å². The van der Waals surface area contributed by atoms with Gasteiger partial charge in [-0.3, -0.25) is 4.90 Å². The number of para-hydroxylation sites is 1. The second-order valence-corrected chi connectivity index (χ2v) is 9.07. The van der Waals surface area contributed by atoms with Crippen molar-refractivity contribution in [3.8, 4) is 0 Å². The Morgan fingerprint density at radius 2 is 1.70 bits per heavy atom. The Morgan fingerprint density at radius 1 is 0.867 bits per heavy atom. The van der Waals surface area contributed by atoms with E-state index in [9.17, 15) is 0 Å². The van der Waals surface area contributed by atoms with Crippen LogP contribution in [0.15, 0.2) is 70.1 Å². The van der Waals surface area contributed by atoms with Crippen molar-refractivity contribution in [1.82, 2.24) is 10.1 Å². The van der Waals surface area contributed by atoms with Crippen molar-refractivity contribution in [2.24, 2.45) is 0 Å². The molecule has 1 aromatic heterocycles. The van der Waals surface area contributed by atoms with Gasteiger partial charge in [-0.25, -0.2) is 0 Å². The van der Waals surface area contributed by atoms with Gasteiger partial charge in [0.2, 0.25) is 0 Å². The Hall–Kier alpha value is -2.70. The first-order valence-electron chi connectivity index (χ1n) is 10.7. The summed E-state index contributed by atoms with van der Waals surface area (Å²) >= 11 is 1.89. The van der Waals surface area contributed by atoms with Crippen LogP contribution >= 0.6 is 11.9 Å². The second-order valence-electron chi connectivity index (χ2n) is 8.01. The maximum absolute atomic E-state index is 5.49. The van der Waals surface area contributed by atoms with Gasteiger partial charge in [0, 0.05) is 43.0 Å². The Morgan fingerprint density at radius 3 is 2.60 bits per heavy atom. The van der Waals surface area contributed by atoms with Gasteiger partial charge in [0.05, 0.1) is 11.1 Å². The maximum atomic E-state index is 5.49. The number of piperazine rings is 1. The normalized spacial score (nSPS) is 16.8. The van der Waals surface area contributed by atoms with Crippen molar-refractivity contribution < 1.29 is 4.52 Å². The van der Waals surface area contributed by atoms with E-state index >= 15 is 0 Å². The van der Waals surface area contributed by atoms with Crippen molar-refractivity contribution in [3.05, 3.63) is 60.7 Å². The minimum atomic E-state index is 0.869. The zero-order valence-corrected chi connectivity index (χ0v) is 17.6. The van der Waals surface area contributed by atoms with Crippen molar-refractivity contribution in [1.29, 1.82) is 0 Å². The van der Waals surface area contributed by atoms with Gasteiger partial charge in [0.15, 0.2) is 11.4 Å². The SMILES string of the molecule is c1cc2c3c(cccc3c1)N(CCCN1CCN(c3noc4ccccc34)CC1)S2. The molecular weight excluding hydrogens is 392 g/mol. The molecule has 0 N–H and O–H groups in total. The number of rotatable bonds is 5. The van der Waals surface area contributed by atoms with Gasteiger partial charge in [-0.15, -0.1) is 0 Å². The van der Waals surface area contributed by atoms with Crippen molar-refractivity contribution >= 4 is 45.2 Å². The summed E-state index contributed by atoms with van der Waals surface area (Å²) in [5, 5.41) is 8.20. The molecule has 1 fully saturated rings. The van der Waals surface area contributed by atoms with E-state index in [0.717, 1.165) is 56.1 Å². The highest BCUT2D eigenvalue weighted by Crippen LogP contribution is 2.45. The van der Waals surface area contributed by atoms with Crippen LogP contribution in [0.2, 0.25) is 0 Å². The van der Waals surface area contributed by atoms with Crippen molar-refractivity contribution in [3.63, 3.8) is 0 Å². The zero-order chi connectivity index (χ0) is 19.9. The summed E-state index contributed by atoms with van der Waals surface area (Å²) in [5.41, 5.74) is 2.24. The standard InChI is InChI=1S/C24H24N4OS/c1-2-10-21-19(8-1)24(25-29-21)27-16-14-26(15-17-27)12-5-13-28-20-9-3-6-18-7-4-11-22(30-28)23(18)20/h1-4,6-11H,5,12-17H2. The highest BCUT2D eigenvalue weighted by atomic mass is 32.2. The summed E-state index contributed by atoms with van der Waals surface area (Å²) in [6.07, 6.45) is 1.17. The lowest BCUT2D eigenvalue weighted by atomic mass is 10.1. The van der Waals surface area contributed by atoms with E-state index in [2.05, 4.69) is 67.8 Å². The van der Waals surface area contributed by atoms with Crippen molar-refractivity contribution in [2.75, 3.05) is 48.5 Å². The smallest absolute Gasteiger partial charge is 0.180 e. The van der Waals surface area contributed by atoms with Crippen LogP contribution in [-0.4, -0.2) is 49.3 Å². The molecule has 6 heteroatoms. The molecule has 0 unspecified atom stereocenters. The quantitative estimate of drug-likeness (QED) is 0.425. The minimum absolute atomic E-state index is 0.869. The molecule has 3 aromatic carbocycles. The molecule has 0 amide bonds. The first-order chi connectivity index (χ1) is 14.9. The molecule has 2 aliphatic heterocycles. The lowest BCUT2D eigenvalue weighted by Gasteiger charge is -2.35. The second kappa shape index (κ2) is 7.52. The number of nitrogens with zero attached hydrogens (tertiary/aromatic N) is 4. The molecular formula is C24H24N4OS. The van der Waals surface area contributed by atoms with Crippen LogP contribution in [0.1, 0.15) is 6.42 Å². The summed E-state index contributed by atoms with van der Waals surface area (Å²) in [6, 6.07) is 21.4. The van der Waals surface area contributed by atoms with Crippen LogP contribution in [0, 0.1) is 0 Å². The van der Waals surface area contributed by atoms with Crippen LogP contribution in [0.3, 0.4) is 0 Å².